The number of aryl methyl sites for hydroxylation is 2. The zero-order chi connectivity index (χ0) is 14.0. The van der Waals surface area contributed by atoms with E-state index in [2.05, 4.69) is 47.7 Å². The first-order valence-corrected chi connectivity index (χ1v) is 7.39. The number of rotatable bonds is 4. The van der Waals surface area contributed by atoms with Crippen molar-refractivity contribution < 1.29 is 0 Å². The van der Waals surface area contributed by atoms with Crippen LogP contribution in [0.2, 0.25) is 0 Å². The number of hydrogen-bond acceptors (Lipinski definition) is 4. The van der Waals surface area contributed by atoms with Crippen LogP contribution in [0, 0.1) is 6.92 Å². The molecule has 0 unspecified atom stereocenters. The average Bonchev–Trinajstić information content (AvgIpc) is 2.85. The Bertz CT molecular complexity index is 548. The van der Waals surface area contributed by atoms with Gasteiger partial charge in [-0.15, -0.1) is 11.3 Å². The number of hydrogen-bond donors (Lipinski definition) is 1. The van der Waals surface area contributed by atoms with Crippen LogP contribution in [0.1, 0.15) is 42.7 Å². The lowest BCUT2D eigenvalue weighted by molar-refractivity contribution is 0.543. The molecule has 2 aromatic heterocycles. The predicted octanol–water partition coefficient (Wildman–Crippen LogP) is 2.77. The Morgan fingerprint density at radius 1 is 1.32 bits per heavy atom. The second-order valence-corrected chi connectivity index (χ2v) is 6.95. The van der Waals surface area contributed by atoms with E-state index in [0.717, 1.165) is 29.5 Å². The summed E-state index contributed by atoms with van der Waals surface area (Å²) in [6.07, 6.45) is 2.10. The van der Waals surface area contributed by atoms with Gasteiger partial charge in [0.05, 0.1) is 16.4 Å². The van der Waals surface area contributed by atoms with Crippen LogP contribution in [0.5, 0.6) is 0 Å². The highest BCUT2D eigenvalue weighted by atomic mass is 32.1. The number of thiazole rings is 1. The van der Waals surface area contributed by atoms with Crippen LogP contribution in [-0.4, -0.2) is 14.8 Å². The van der Waals surface area contributed by atoms with Crippen molar-refractivity contribution in [2.24, 2.45) is 7.05 Å². The van der Waals surface area contributed by atoms with Crippen LogP contribution in [0.25, 0.3) is 0 Å². The van der Waals surface area contributed by atoms with Crippen LogP contribution < -0.4 is 5.32 Å². The number of aromatic nitrogens is 3. The molecule has 0 spiro atoms. The summed E-state index contributed by atoms with van der Waals surface area (Å²) in [5.41, 5.74) is 3.62. The number of nitrogens with one attached hydrogen (secondary N) is 1. The van der Waals surface area contributed by atoms with Crippen molar-refractivity contribution in [2.75, 3.05) is 0 Å². The van der Waals surface area contributed by atoms with E-state index in [1.807, 2.05) is 18.7 Å². The lowest BCUT2D eigenvalue weighted by Crippen LogP contribution is -2.19. The predicted molar refractivity (Wildman–Crippen MR) is 79.3 cm³/mol. The molecule has 104 valence electrons. The largest absolute Gasteiger partial charge is 0.307 e. The molecule has 0 radical (unpaired) electrons. The zero-order valence-corrected chi connectivity index (χ0v) is 13.1. The normalized spacial score (nSPS) is 12.1. The summed E-state index contributed by atoms with van der Waals surface area (Å²) in [5, 5.41) is 11.2. The van der Waals surface area contributed by atoms with Crippen LogP contribution >= 0.6 is 11.3 Å². The van der Waals surface area contributed by atoms with Crippen molar-refractivity contribution in [1.82, 2.24) is 20.1 Å². The van der Waals surface area contributed by atoms with Crippen molar-refractivity contribution in [3.05, 3.63) is 33.5 Å². The molecule has 0 fully saturated rings. The summed E-state index contributed by atoms with van der Waals surface area (Å²) in [5.74, 6) is 0. The first-order chi connectivity index (χ1) is 8.86. The third kappa shape index (κ3) is 3.64. The standard InChI is InChI=1S/C14H22N4S/c1-10-16-12(9-19-10)7-15-6-11-8-18(5)17-13(11)14(2,3)4/h8-9,15H,6-7H2,1-5H3. The lowest BCUT2D eigenvalue weighted by atomic mass is 9.89. The van der Waals surface area contributed by atoms with Gasteiger partial charge in [0, 0.05) is 42.7 Å². The summed E-state index contributed by atoms with van der Waals surface area (Å²) >= 11 is 1.69. The molecule has 0 aliphatic carbocycles. The van der Waals surface area contributed by atoms with E-state index in [1.165, 1.54) is 5.56 Å². The molecule has 0 amide bonds. The molecule has 19 heavy (non-hydrogen) atoms. The van der Waals surface area contributed by atoms with Gasteiger partial charge in [-0.05, 0) is 6.92 Å². The van der Waals surface area contributed by atoms with Gasteiger partial charge in [-0.25, -0.2) is 4.98 Å². The molecule has 1 N–H and O–H groups in total. The third-order valence-electron chi connectivity index (χ3n) is 2.90. The van der Waals surface area contributed by atoms with Gasteiger partial charge in [0.2, 0.25) is 0 Å². The highest BCUT2D eigenvalue weighted by molar-refractivity contribution is 7.09. The van der Waals surface area contributed by atoms with Crippen molar-refractivity contribution in [3.63, 3.8) is 0 Å². The van der Waals surface area contributed by atoms with E-state index in [1.54, 1.807) is 11.3 Å². The molecule has 0 aromatic carbocycles. The van der Waals surface area contributed by atoms with E-state index in [-0.39, 0.29) is 5.41 Å². The monoisotopic (exact) mass is 278 g/mol. The molecule has 0 atom stereocenters. The Morgan fingerprint density at radius 3 is 2.63 bits per heavy atom. The molecule has 2 aromatic rings. The van der Waals surface area contributed by atoms with Gasteiger partial charge in [-0.3, -0.25) is 4.68 Å². The van der Waals surface area contributed by atoms with E-state index >= 15 is 0 Å². The SMILES string of the molecule is Cc1nc(CNCc2cn(C)nc2C(C)(C)C)cs1. The summed E-state index contributed by atoms with van der Waals surface area (Å²) in [7, 11) is 1.97. The molecule has 0 aliphatic rings. The molecular formula is C14H22N4S. The summed E-state index contributed by atoms with van der Waals surface area (Å²) in [4.78, 5) is 4.45. The van der Waals surface area contributed by atoms with Crippen LogP contribution in [0.15, 0.2) is 11.6 Å². The topological polar surface area (TPSA) is 42.7 Å². The molecule has 0 saturated carbocycles. The van der Waals surface area contributed by atoms with Gasteiger partial charge in [-0.1, -0.05) is 20.8 Å². The molecule has 2 heterocycles. The highest BCUT2D eigenvalue weighted by Gasteiger charge is 2.21. The number of nitrogens with zero attached hydrogens (tertiary/aromatic N) is 3. The zero-order valence-electron chi connectivity index (χ0n) is 12.3. The second kappa shape index (κ2) is 5.43. The van der Waals surface area contributed by atoms with Gasteiger partial charge in [0.25, 0.3) is 0 Å². The van der Waals surface area contributed by atoms with Crippen LogP contribution in [-0.2, 0) is 25.6 Å². The Balaban J connectivity index is 2.00. The summed E-state index contributed by atoms with van der Waals surface area (Å²) < 4.78 is 1.89. The molecule has 0 aliphatic heterocycles. The van der Waals surface area contributed by atoms with E-state index < -0.39 is 0 Å². The van der Waals surface area contributed by atoms with Gasteiger partial charge in [-0.2, -0.15) is 5.10 Å². The maximum Gasteiger partial charge on any atom is 0.0897 e. The molecule has 0 saturated heterocycles. The van der Waals surface area contributed by atoms with Crippen LogP contribution in [0.3, 0.4) is 0 Å². The minimum atomic E-state index is 0.0789. The van der Waals surface area contributed by atoms with Crippen LogP contribution in [0.4, 0.5) is 0 Å². The minimum absolute atomic E-state index is 0.0789. The summed E-state index contributed by atoms with van der Waals surface area (Å²) in [6.45, 7) is 10.3. The molecular weight excluding hydrogens is 256 g/mol. The van der Waals surface area contributed by atoms with Crippen molar-refractivity contribution >= 4 is 11.3 Å². The molecule has 5 heteroatoms. The second-order valence-electron chi connectivity index (χ2n) is 5.89. The molecule has 4 nitrogen and oxygen atoms in total. The Kier molecular flexibility index (Phi) is 4.06. The maximum absolute atomic E-state index is 4.57. The Labute approximate surface area is 118 Å². The fourth-order valence-electron chi connectivity index (χ4n) is 2.11. The molecule has 2 rings (SSSR count). The van der Waals surface area contributed by atoms with Gasteiger partial charge < -0.3 is 5.32 Å². The van der Waals surface area contributed by atoms with Gasteiger partial charge in [0.15, 0.2) is 0 Å². The van der Waals surface area contributed by atoms with Gasteiger partial charge >= 0.3 is 0 Å². The van der Waals surface area contributed by atoms with E-state index in [9.17, 15) is 0 Å². The first-order valence-electron chi connectivity index (χ1n) is 6.51. The molecule has 0 bridgehead atoms. The average molecular weight is 278 g/mol. The fourth-order valence-corrected chi connectivity index (χ4v) is 2.73. The minimum Gasteiger partial charge on any atom is -0.307 e. The summed E-state index contributed by atoms with van der Waals surface area (Å²) in [6, 6.07) is 0. The van der Waals surface area contributed by atoms with Crippen molar-refractivity contribution in [2.45, 2.75) is 46.2 Å². The van der Waals surface area contributed by atoms with Gasteiger partial charge in [0.1, 0.15) is 0 Å². The van der Waals surface area contributed by atoms with E-state index in [4.69, 9.17) is 0 Å². The highest BCUT2D eigenvalue weighted by Crippen LogP contribution is 2.24. The Morgan fingerprint density at radius 2 is 2.05 bits per heavy atom. The maximum atomic E-state index is 4.57. The van der Waals surface area contributed by atoms with E-state index in [0.29, 0.717) is 0 Å². The quantitative estimate of drug-likeness (QED) is 0.935. The smallest absolute Gasteiger partial charge is 0.0897 e. The lowest BCUT2D eigenvalue weighted by Gasteiger charge is -2.17. The van der Waals surface area contributed by atoms with Crippen molar-refractivity contribution in [1.29, 1.82) is 0 Å². The third-order valence-corrected chi connectivity index (χ3v) is 3.73. The van der Waals surface area contributed by atoms with Crippen molar-refractivity contribution in [3.8, 4) is 0 Å². The fraction of sp³-hybridized carbons (Fsp3) is 0.571. The Hall–Kier alpha value is -1.20. The first kappa shape index (κ1) is 14.2.